The fraction of sp³-hybridized carbons (Fsp3) is 0.600. The summed E-state index contributed by atoms with van der Waals surface area (Å²) in [7, 11) is 0. The normalized spacial score (nSPS) is 6.22. The van der Waals surface area contributed by atoms with Gasteiger partial charge in [-0.05, 0) is 6.42 Å². The predicted molar refractivity (Wildman–Crippen MR) is 32.9 cm³/mol. The molecule has 0 N–H and O–H groups in total. The van der Waals surface area contributed by atoms with Crippen molar-refractivity contribution in [1.29, 1.82) is 0 Å². The van der Waals surface area contributed by atoms with Gasteiger partial charge in [-0.1, -0.05) is 0 Å². The van der Waals surface area contributed by atoms with E-state index in [-0.39, 0.29) is 27.3 Å². The molecular formula is C5H8CrO2P. The van der Waals surface area contributed by atoms with Gasteiger partial charge < -0.3 is 9.59 Å². The van der Waals surface area contributed by atoms with Crippen molar-refractivity contribution in [2.45, 2.75) is 19.3 Å². The summed E-state index contributed by atoms with van der Waals surface area (Å²) in [5.41, 5.74) is 0. The Balaban J connectivity index is -0.000000180. The minimum absolute atomic E-state index is 0. The van der Waals surface area contributed by atoms with Crippen LogP contribution in [0.2, 0.25) is 0 Å². The monoisotopic (exact) mass is 183 g/mol. The molecule has 0 aromatic heterocycles. The summed E-state index contributed by atoms with van der Waals surface area (Å²) in [6, 6.07) is 0. The second-order valence-electron chi connectivity index (χ2n) is 1.26. The van der Waals surface area contributed by atoms with Gasteiger partial charge in [-0.3, -0.25) is 0 Å². The molecule has 0 rings (SSSR count). The van der Waals surface area contributed by atoms with E-state index in [2.05, 4.69) is 0 Å². The van der Waals surface area contributed by atoms with Crippen LogP contribution in [0.1, 0.15) is 19.3 Å². The molecule has 0 atom stereocenters. The van der Waals surface area contributed by atoms with Crippen LogP contribution in [0.5, 0.6) is 0 Å². The Bertz CT molecular complexity index is 60.0. The van der Waals surface area contributed by atoms with Crippen molar-refractivity contribution >= 4 is 22.5 Å². The van der Waals surface area contributed by atoms with E-state index in [1.807, 2.05) is 0 Å². The molecule has 0 aliphatic carbocycles. The third kappa shape index (κ3) is 17.8. The maximum atomic E-state index is 9.56. The van der Waals surface area contributed by atoms with E-state index in [4.69, 9.17) is 0 Å². The van der Waals surface area contributed by atoms with E-state index in [0.717, 1.165) is 12.6 Å². The molecular weight excluding hydrogens is 175 g/mol. The number of aldehydes is 2. The van der Waals surface area contributed by atoms with Gasteiger partial charge in [0.15, 0.2) is 0 Å². The maximum Gasteiger partial charge on any atom is 0.120 e. The molecule has 2 nitrogen and oxygen atoms in total. The SMILES string of the molecule is O=CCCCC=O.[Cr].[P]. The van der Waals surface area contributed by atoms with Crippen molar-refractivity contribution in [2.24, 2.45) is 0 Å². The van der Waals surface area contributed by atoms with Crippen molar-refractivity contribution in [3.05, 3.63) is 0 Å². The standard InChI is InChI=1S/C5H8O2.Cr.P/c6-4-2-1-3-5-7;;/h4-5H,1-3H2;;. The van der Waals surface area contributed by atoms with E-state index in [0.29, 0.717) is 19.3 Å². The van der Waals surface area contributed by atoms with Crippen LogP contribution in [0.25, 0.3) is 0 Å². The van der Waals surface area contributed by atoms with Crippen molar-refractivity contribution < 1.29 is 27.0 Å². The smallest absolute Gasteiger partial charge is 0.120 e. The van der Waals surface area contributed by atoms with Crippen LogP contribution in [0.15, 0.2) is 0 Å². The minimum Gasteiger partial charge on any atom is -0.303 e. The number of hydrogen-bond acceptors (Lipinski definition) is 2. The van der Waals surface area contributed by atoms with Gasteiger partial charge >= 0.3 is 0 Å². The van der Waals surface area contributed by atoms with Gasteiger partial charge in [0.2, 0.25) is 0 Å². The van der Waals surface area contributed by atoms with Crippen LogP contribution in [0, 0.1) is 0 Å². The average Bonchev–Trinajstić information content (AvgIpc) is 1.69. The zero-order valence-corrected chi connectivity index (χ0v) is 7.12. The summed E-state index contributed by atoms with van der Waals surface area (Å²) >= 11 is 0. The first kappa shape index (κ1) is 16.1. The summed E-state index contributed by atoms with van der Waals surface area (Å²) in [4.78, 5) is 19.1. The number of unbranched alkanes of at least 4 members (excludes halogenated alkanes) is 2. The Morgan fingerprint density at radius 2 is 1.33 bits per heavy atom. The van der Waals surface area contributed by atoms with E-state index in [1.54, 1.807) is 0 Å². The molecule has 4 heteroatoms. The van der Waals surface area contributed by atoms with E-state index >= 15 is 0 Å². The second kappa shape index (κ2) is 15.7. The average molecular weight is 183 g/mol. The fourth-order valence-corrected chi connectivity index (χ4v) is 0.285. The van der Waals surface area contributed by atoms with Gasteiger partial charge in [0.05, 0.1) is 0 Å². The molecule has 0 heterocycles. The Morgan fingerprint density at radius 3 is 1.56 bits per heavy atom. The molecule has 0 aliphatic heterocycles. The summed E-state index contributed by atoms with van der Waals surface area (Å²) in [6.07, 6.45) is 3.37. The largest absolute Gasteiger partial charge is 0.303 e. The zero-order valence-electron chi connectivity index (χ0n) is 4.95. The first-order chi connectivity index (χ1) is 3.41. The first-order valence-corrected chi connectivity index (χ1v) is 2.29. The van der Waals surface area contributed by atoms with Crippen LogP contribution < -0.4 is 0 Å². The third-order valence-corrected chi connectivity index (χ3v) is 0.644. The minimum atomic E-state index is 0. The van der Waals surface area contributed by atoms with Crippen LogP contribution in [-0.4, -0.2) is 12.6 Å². The van der Waals surface area contributed by atoms with Crippen LogP contribution in [-0.2, 0) is 27.0 Å². The first-order valence-electron chi connectivity index (χ1n) is 2.29. The molecule has 0 saturated heterocycles. The van der Waals surface area contributed by atoms with Gasteiger partial charge in [0, 0.05) is 40.1 Å². The second-order valence-corrected chi connectivity index (χ2v) is 1.26. The number of carbonyl (C=O) groups excluding carboxylic acids is 2. The molecule has 0 amide bonds. The summed E-state index contributed by atoms with van der Waals surface area (Å²) < 4.78 is 0. The van der Waals surface area contributed by atoms with Gasteiger partial charge in [0.1, 0.15) is 12.6 Å². The molecule has 0 aliphatic rings. The molecule has 0 saturated carbocycles. The molecule has 3 radical (unpaired) electrons. The molecule has 0 aromatic carbocycles. The van der Waals surface area contributed by atoms with Crippen LogP contribution in [0.3, 0.4) is 0 Å². The Hall–Kier alpha value is 0.302. The zero-order chi connectivity index (χ0) is 5.54. The molecule has 0 fully saturated rings. The quantitative estimate of drug-likeness (QED) is 0.375. The molecule has 9 heavy (non-hydrogen) atoms. The topological polar surface area (TPSA) is 34.1 Å². The third-order valence-electron chi connectivity index (χ3n) is 0.644. The van der Waals surface area contributed by atoms with E-state index in [1.165, 1.54) is 0 Å². The molecule has 0 spiro atoms. The fourth-order valence-electron chi connectivity index (χ4n) is 0.285. The van der Waals surface area contributed by atoms with E-state index in [9.17, 15) is 9.59 Å². The van der Waals surface area contributed by atoms with Gasteiger partial charge in [-0.2, -0.15) is 0 Å². The van der Waals surface area contributed by atoms with Gasteiger partial charge in [-0.15, -0.1) is 0 Å². The maximum absolute atomic E-state index is 9.56. The molecule has 0 aromatic rings. The van der Waals surface area contributed by atoms with Crippen molar-refractivity contribution in [3.8, 4) is 0 Å². The van der Waals surface area contributed by atoms with Gasteiger partial charge in [0.25, 0.3) is 0 Å². The van der Waals surface area contributed by atoms with E-state index < -0.39 is 0 Å². The Kier molecular flexibility index (Phi) is 28.2. The summed E-state index contributed by atoms with van der Waals surface area (Å²) in [6.45, 7) is 0. The van der Waals surface area contributed by atoms with Crippen LogP contribution in [0.4, 0.5) is 0 Å². The van der Waals surface area contributed by atoms with Crippen molar-refractivity contribution in [3.63, 3.8) is 0 Å². The molecule has 0 unspecified atom stereocenters. The van der Waals surface area contributed by atoms with Crippen molar-refractivity contribution in [1.82, 2.24) is 0 Å². The summed E-state index contributed by atoms with van der Waals surface area (Å²) in [5.74, 6) is 0. The van der Waals surface area contributed by atoms with Crippen molar-refractivity contribution in [2.75, 3.05) is 0 Å². The number of rotatable bonds is 4. The predicted octanol–water partition coefficient (Wildman–Crippen LogP) is 1.41. The number of carbonyl (C=O) groups is 2. The molecule has 0 bridgehead atoms. The van der Waals surface area contributed by atoms with Crippen LogP contribution >= 0.6 is 9.90 Å². The van der Waals surface area contributed by atoms with Gasteiger partial charge in [-0.25, -0.2) is 0 Å². The Morgan fingerprint density at radius 1 is 1.00 bits per heavy atom. The Labute approximate surface area is 69.1 Å². The number of hydrogen-bond donors (Lipinski definition) is 0. The molecule has 51 valence electrons. The summed E-state index contributed by atoms with van der Waals surface area (Å²) in [5, 5.41) is 0.